The van der Waals surface area contributed by atoms with Crippen LogP contribution >= 0.6 is 0 Å². The Morgan fingerprint density at radius 3 is 2.58 bits per heavy atom. The summed E-state index contributed by atoms with van der Waals surface area (Å²) < 4.78 is 0. The Labute approximate surface area is 112 Å². The number of hydrogen-bond donors (Lipinski definition) is 2. The Kier molecular flexibility index (Phi) is 4.26. The SMILES string of the molecule is Cc1ccc(C(=O)NC(CN)c2ccccc2)cn1. The van der Waals surface area contributed by atoms with Gasteiger partial charge in [-0.05, 0) is 24.6 Å². The maximum absolute atomic E-state index is 12.1. The van der Waals surface area contributed by atoms with Gasteiger partial charge in [0.1, 0.15) is 0 Å². The van der Waals surface area contributed by atoms with E-state index in [2.05, 4.69) is 10.3 Å². The summed E-state index contributed by atoms with van der Waals surface area (Å²) in [5.74, 6) is -0.160. The highest BCUT2D eigenvalue weighted by Crippen LogP contribution is 2.12. The monoisotopic (exact) mass is 255 g/mol. The van der Waals surface area contributed by atoms with Crippen LogP contribution in [0.3, 0.4) is 0 Å². The van der Waals surface area contributed by atoms with E-state index in [1.807, 2.05) is 43.3 Å². The summed E-state index contributed by atoms with van der Waals surface area (Å²) in [7, 11) is 0. The molecule has 0 aliphatic rings. The molecule has 1 aromatic heterocycles. The van der Waals surface area contributed by atoms with Crippen molar-refractivity contribution < 1.29 is 4.79 Å². The first-order valence-corrected chi connectivity index (χ1v) is 6.19. The molecule has 1 unspecified atom stereocenters. The van der Waals surface area contributed by atoms with Gasteiger partial charge in [0.15, 0.2) is 0 Å². The summed E-state index contributed by atoms with van der Waals surface area (Å²) in [6.45, 7) is 2.24. The number of aromatic nitrogens is 1. The summed E-state index contributed by atoms with van der Waals surface area (Å²) in [5, 5.41) is 2.91. The fourth-order valence-corrected chi connectivity index (χ4v) is 1.81. The fourth-order valence-electron chi connectivity index (χ4n) is 1.81. The van der Waals surface area contributed by atoms with Crippen molar-refractivity contribution in [2.45, 2.75) is 13.0 Å². The summed E-state index contributed by atoms with van der Waals surface area (Å²) in [4.78, 5) is 16.2. The number of nitrogens with two attached hydrogens (primary N) is 1. The summed E-state index contributed by atoms with van der Waals surface area (Å²) in [6.07, 6.45) is 1.57. The van der Waals surface area contributed by atoms with E-state index in [-0.39, 0.29) is 11.9 Å². The van der Waals surface area contributed by atoms with Crippen molar-refractivity contribution in [3.63, 3.8) is 0 Å². The quantitative estimate of drug-likeness (QED) is 0.875. The van der Waals surface area contributed by atoms with E-state index in [9.17, 15) is 4.79 Å². The number of benzene rings is 1. The molecule has 1 heterocycles. The van der Waals surface area contributed by atoms with Crippen LogP contribution in [0, 0.1) is 6.92 Å². The van der Waals surface area contributed by atoms with Crippen LogP contribution in [-0.4, -0.2) is 17.4 Å². The molecule has 0 radical (unpaired) electrons. The second-order valence-corrected chi connectivity index (χ2v) is 4.36. The molecule has 1 atom stereocenters. The number of carbonyl (C=O) groups excluding carboxylic acids is 1. The predicted molar refractivity (Wildman–Crippen MR) is 74.7 cm³/mol. The lowest BCUT2D eigenvalue weighted by Gasteiger charge is -2.17. The van der Waals surface area contributed by atoms with Crippen LogP contribution in [0.1, 0.15) is 27.7 Å². The lowest BCUT2D eigenvalue weighted by molar-refractivity contribution is 0.0937. The van der Waals surface area contributed by atoms with Crippen LogP contribution in [0.5, 0.6) is 0 Å². The first kappa shape index (κ1) is 13.2. The second-order valence-electron chi connectivity index (χ2n) is 4.36. The van der Waals surface area contributed by atoms with E-state index in [1.165, 1.54) is 0 Å². The molecule has 0 aliphatic carbocycles. The standard InChI is InChI=1S/C15H17N3O/c1-11-7-8-13(10-17-11)15(19)18-14(9-16)12-5-3-2-4-6-12/h2-8,10,14H,9,16H2,1H3,(H,18,19). The molecule has 3 N–H and O–H groups in total. The lowest BCUT2D eigenvalue weighted by Crippen LogP contribution is -2.33. The van der Waals surface area contributed by atoms with Crippen molar-refractivity contribution in [2.24, 2.45) is 5.73 Å². The van der Waals surface area contributed by atoms with E-state index in [1.54, 1.807) is 12.3 Å². The topological polar surface area (TPSA) is 68.0 Å². The third-order valence-electron chi connectivity index (χ3n) is 2.92. The van der Waals surface area contributed by atoms with Gasteiger partial charge in [-0.2, -0.15) is 0 Å². The number of pyridine rings is 1. The average molecular weight is 255 g/mol. The minimum absolute atomic E-state index is 0.160. The van der Waals surface area contributed by atoms with Crippen molar-refractivity contribution in [1.29, 1.82) is 0 Å². The number of nitrogens with one attached hydrogen (secondary N) is 1. The molecule has 0 fully saturated rings. The van der Waals surface area contributed by atoms with E-state index < -0.39 is 0 Å². The summed E-state index contributed by atoms with van der Waals surface area (Å²) in [5.41, 5.74) is 8.15. The summed E-state index contributed by atoms with van der Waals surface area (Å²) in [6, 6.07) is 13.1. The molecule has 0 bridgehead atoms. The molecule has 98 valence electrons. The molecule has 0 saturated heterocycles. The van der Waals surface area contributed by atoms with Gasteiger partial charge in [0.25, 0.3) is 5.91 Å². The number of rotatable bonds is 4. The molecule has 0 spiro atoms. The zero-order valence-electron chi connectivity index (χ0n) is 10.8. The van der Waals surface area contributed by atoms with Crippen molar-refractivity contribution in [2.75, 3.05) is 6.54 Å². The third kappa shape index (κ3) is 3.39. The van der Waals surface area contributed by atoms with Gasteiger partial charge in [-0.3, -0.25) is 9.78 Å². The largest absolute Gasteiger partial charge is 0.344 e. The maximum atomic E-state index is 12.1. The van der Waals surface area contributed by atoms with E-state index in [0.717, 1.165) is 11.3 Å². The molecule has 1 amide bonds. The third-order valence-corrected chi connectivity index (χ3v) is 2.92. The van der Waals surface area contributed by atoms with Gasteiger partial charge in [0.05, 0.1) is 11.6 Å². The highest BCUT2D eigenvalue weighted by molar-refractivity contribution is 5.94. The normalized spacial score (nSPS) is 11.9. The minimum atomic E-state index is -0.185. The van der Waals surface area contributed by atoms with Crippen molar-refractivity contribution in [3.8, 4) is 0 Å². The number of nitrogens with zero attached hydrogens (tertiary/aromatic N) is 1. The minimum Gasteiger partial charge on any atom is -0.344 e. The predicted octanol–water partition coefficient (Wildman–Crippen LogP) is 1.82. The van der Waals surface area contributed by atoms with Crippen LogP contribution in [-0.2, 0) is 0 Å². The van der Waals surface area contributed by atoms with Crippen molar-refractivity contribution in [3.05, 3.63) is 65.5 Å². The van der Waals surface area contributed by atoms with Gasteiger partial charge in [-0.25, -0.2) is 0 Å². The Morgan fingerprint density at radius 1 is 1.26 bits per heavy atom. The molecule has 4 heteroatoms. The molecule has 2 rings (SSSR count). The Bertz CT molecular complexity index is 537. The smallest absolute Gasteiger partial charge is 0.253 e. The van der Waals surface area contributed by atoms with Gasteiger partial charge < -0.3 is 11.1 Å². The van der Waals surface area contributed by atoms with Crippen LogP contribution in [0.15, 0.2) is 48.7 Å². The number of amides is 1. The molecule has 4 nitrogen and oxygen atoms in total. The van der Waals surface area contributed by atoms with Crippen LogP contribution < -0.4 is 11.1 Å². The Hall–Kier alpha value is -2.20. The Balaban J connectivity index is 2.10. The van der Waals surface area contributed by atoms with E-state index >= 15 is 0 Å². The first-order valence-electron chi connectivity index (χ1n) is 6.19. The fraction of sp³-hybridized carbons (Fsp3) is 0.200. The van der Waals surface area contributed by atoms with Crippen LogP contribution in [0.2, 0.25) is 0 Å². The first-order chi connectivity index (χ1) is 9.20. The number of hydrogen-bond acceptors (Lipinski definition) is 3. The number of carbonyl (C=O) groups is 1. The van der Waals surface area contributed by atoms with Crippen LogP contribution in [0.25, 0.3) is 0 Å². The molecule has 2 aromatic rings. The van der Waals surface area contributed by atoms with E-state index in [0.29, 0.717) is 12.1 Å². The molecule has 0 aliphatic heterocycles. The maximum Gasteiger partial charge on any atom is 0.253 e. The molecular weight excluding hydrogens is 238 g/mol. The average Bonchev–Trinajstić information content (AvgIpc) is 2.46. The highest BCUT2D eigenvalue weighted by Gasteiger charge is 2.14. The molecule has 1 aromatic carbocycles. The van der Waals surface area contributed by atoms with Gasteiger partial charge >= 0.3 is 0 Å². The van der Waals surface area contributed by atoms with Gasteiger partial charge in [-0.1, -0.05) is 30.3 Å². The zero-order valence-corrected chi connectivity index (χ0v) is 10.8. The van der Waals surface area contributed by atoms with Gasteiger partial charge in [0.2, 0.25) is 0 Å². The number of aryl methyl sites for hydroxylation is 1. The van der Waals surface area contributed by atoms with Crippen molar-refractivity contribution >= 4 is 5.91 Å². The van der Waals surface area contributed by atoms with Crippen LogP contribution in [0.4, 0.5) is 0 Å². The van der Waals surface area contributed by atoms with E-state index in [4.69, 9.17) is 5.73 Å². The Morgan fingerprint density at radius 2 is 2.00 bits per heavy atom. The lowest BCUT2D eigenvalue weighted by atomic mass is 10.1. The summed E-state index contributed by atoms with van der Waals surface area (Å²) >= 11 is 0. The zero-order chi connectivity index (χ0) is 13.7. The van der Waals surface area contributed by atoms with Gasteiger partial charge in [0, 0.05) is 18.4 Å². The molecular formula is C15H17N3O. The molecule has 19 heavy (non-hydrogen) atoms. The molecule has 0 saturated carbocycles. The van der Waals surface area contributed by atoms with Crippen molar-refractivity contribution in [1.82, 2.24) is 10.3 Å². The second kappa shape index (κ2) is 6.11. The highest BCUT2D eigenvalue weighted by atomic mass is 16.1. The van der Waals surface area contributed by atoms with Gasteiger partial charge in [-0.15, -0.1) is 0 Å².